The SMILES string of the molecule is Cc1ccc2nc(CN3CCNC[C@@H]3C)cc(=O)n2c1.Cl. The molecule has 1 aliphatic heterocycles. The molecule has 0 unspecified atom stereocenters. The number of hydrogen-bond acceptors (Lipinski definition) is 4. The Hall–Kier alpha value is -1.43. The van der Waals surface area contributed by atoms with Crippen molar-refractivity contribution in [3.8, 4) is 0 Å². The molecule has 0 saturated carbocycles. The van der Waals surface area contributed by atoms with Crippen LogP contribution in [0.4, 0.5) is 0 Å². The van der Waals surface area contributed by atoms with Crippen LogP contribution in [0.1, 0.15) is 18.2 Å². The maximum atomic E-state index is 12.2. The number of aromatic nitrogens is 2. The maximum Gasteiger partial charge on any atom is 0.258 e. The largest absolute Gasteiger partial charge is 0.314 e. The molecule has 1 N–H and O–H groups in total. The molecular formula is C15H21ClN4O. The Kier molecular flexibility index (Phi) is 4.98. The summed E-state index contributed by atoms with van der Waals surface area (Å²) in [5.41, 5.74) is 2.63. The third-order valence-electron chi connectivity index (χ3n) is 3.86. The molecule has 6 heteroatoms. The van der Waals surface area contributed by atoms with Crippen molar-refractivity contribution in [3.05, 3.63) is 46.0 Å². The molecule has 3 rings (SSSR count). The number of pyridine rings is 1. The summed E-state index contributed by atoms with van der Waals surface area (Å²) >= 11 is 0. The van der Waals surface area contributed by atoms with Crippen LogP contribution in [0.25, 0.3) is 5.65 Å². The lowest BCUT2D eigenvalue weighted by Crippen LogP contribution is -2.49. The molecule has 5 nitrogen and oxygen atoms in total. The van der Waals surface area contributed by atoms with Crippen molar-refractivity contribution in [2.45, 2.75) is 26.4 Å². The zero-order chi connectivity index (χ0) is 14.1. The molecule has 0 aromatic carbocycles. The van der Waals surface area contributed by atoms with Gasteiger partial charge >= 0.3 is 0 Å². The second-order valence-electron chi connectivity index (χ2n) is 5.54. The van der Waals surface area contributed by atoms with Crippen LogP contribution in [0.15, 0.2) is 29.2 Å². The number of nitrogens with zero attached hydrogens (tertiary/aromatic N) is 3. The number of piperazine rings is 1. The van der Waals surface area contributed by atoms with Crippen LogP contribution < -0.4 is 10.9 Å². The molecule has 0 aliphatic carbocycles. The molecule has 1 saturated heterocycles. The summed E-state index contributed by atoms with van der Waals surface area (Å²) in [7, 11) is 0. The average molecular weight is 309 g/mol. The van der Waals surface area contributed by atoms with Crippen LogP contribution in [0.3, 0.4) is 0 Å². The second-order valence-corrected chi connectivity index (χ2v) is 5.54. The van der Waals surface area contributed by atoms with Gasteiger partial charge in [-0.1, -0.05) is 6.07 Å². The molecule has 2 aromatic heterocycles. The highest BCUT2D eigenvalue weighted by molar-refractivity contribution is 5.85. The molecule has 1 fully saturated rings. The Bertz CT molecular complexity index is 685. The van der Waals surface area contributed by atoms with Crippen LogP contribution in [0.2, 0.25) is 0 Å². The van der Waals surface area contributed by atoms with Crippen molar-refractivity contribution in [3.63, 3.8) is 0 Å². The van der Waals surface area contributed by atoms with Gasteiger partial charge in [-0.05, 0) is 25.5 Å². The summed E-state index contributed by atoms with van der Waals surface area (Å²) in [6.45, 7) is 7.89. The highest BCUT2D eigenvalue weighted by atomic mass is 35.5. The number of fused-ring (bicyclic) bond motifs is 1. The smallest absolute Gasteiger partial charge is 0.258 e. The fourth-order valence-corrected chi connectivity index (χ4v) is 2.67. The van der Waals surface area contributed by atoms with Gasteiger partial charge in [-0.25, -0.2) is 4.98 Å². The van der Waals surface area contributed by atoms with Gasteiger partial charge in [0.2, 0.25) is 0 Å². The van der Waals surface area contributed by atoms with Crippen molar-refractivity contribution in [2.24, 2.45) is 0 Å². The number of nitrogens with one attached hydrogen (secondary N) is 1. The van der Waals surface area contributed by atoms with Crippen molar-refractivity contribution in [1.82, 2.24) is 19.6 Å². The van der Waals surface area contributed by atoms with Crippen LogP contribution in [0.5, 0.6) is 0 Å². The molecule has 0 amide bonds. The van der Waals surface area contributed by atoms with E-state index in [4.69, 9.17) is 0 Å². The monoisotopic (exact) mass is 308 g/mol. The van der Waals surface area contributed by atoms with E-state index in [0.29, 0.717) is 6.04 Å². The van der Waals surface area contributed by atoms with E-state index in [0.717, 1.165) is 43.1 Å². The Labute approximate surface area is 130 Å². The lowest BCUT2D eigenvalue weighted by Gasteiger charge is -2.33. The predicted molar refractivity (Wildman–Crippen MR) is 86.2 cm³/mol. The van der Waals surface area contributed by atoms with Gasteiger partial charge in [-0.3, -0.25) is 14.1 Å². The average Bonchev–Trinajstić information content (AvgIpc) is 2.42. The van der Waals surface area contributed by atoms with Gasteiger partial charge < -0.3 is 5.32 Å². The van der Waals surface area contributed by atoms with Crippen molar-refractivity contribution >= 4 is 18.1 Å². The first-order valence-electron chi connectivity index (χ1n) is 7.07. The zero-order valence-electron chi connectivity index (χ0n) is 12.4. The number of halogens is 1. The van der Waals surface area contributed by atoms with Crippen LogP contribution >= 0.6 is 12.4 Å². The summed E-state index contributed by atoms with van der Waals surface area (Å²) in [6.07, 6.45) is 1.84. The van der Waals surface area contributed by atoms with Crippen LogP contribution in [-0.2, 0) is 6.54 Å². The first-order chi connectivity index (χ1) is 9.63. The van der Waals surface area contributed by atoms with Gasteiger partial charge in [-0.15, -0.1) is 12.4 Å². The summed E-state index contributed by atoms with van der Waals surface area (Å²) in [5, 5.41) is 3.37. The Morgan fingerprint density at radius 3 is 3.00 bits per heavy atom. The van der Waals surface area contributed by atoms with Crippen LogP contribution in [-0.4, -0.2) is 40.0 Å². The normalized spacial score (nSPS) is 19.4. The standard InChI is InChI=1S/C15H20N4O.ClH/c1-11-3-4-14-17-13(7-15(20)19(14)9-11)10-18-6-5-16-8-12(18)2;/h3-4,7,9,12,16H,5-6,8,10H2,1-2H3;1H/t12-;/m0./s1. The van der Waals surface area contributed by atoms with E-state index in [-0.39, 0.29) is 18.0 Å². The van der Waals surface area contributed by atoms with E-state index in [9.17, 15) is 4.79 Å². The summed E-state index contributed by atoms with van der Waals surface area (Å²) in [5.74, 6) is 0. The Morgan fingerprint density at radius 2 is 2.24 bits per heavy atom. The number of hydrogen-bond donors (Lipinski definition) is 1. The lowest BCUT2D eigenvalue weighted by molar-refractivity contribution is 0.164. The minimum absolute atomic E-state index is 0. The van der Waals surface area contributed by atoms with Crippen molar-refractivity contribution < 1.29 is 0 Å². The van der Waals surface area contributed by atoms with Gasteiger partial charge in [0.05, 0.1) is 5.69 Å². The third-order valence-corrected chi connectivity index (χ3v) is 3.86. The molecule has 2 aromatic rings. The van der Waals surface area contributed by atoms with E-state index >= 15 is 0 Å². The second kappa shape index (κ2) is 6.56. The van der Waals surface area contributed by atoms with Gasteiger partial charge in [0.15, 0.2) is 0 Å². The van der Waals surface area contributed by atoms with E-state index in [1.807, 2.05) is 25.3 Å². The topological polar surface area (TPSA) is 49.6 Å². The summed E-state index contributed by atoms with van der Waals surface area (Å²) in [4.78, 5) is 19.1. The minimum atomic E-state index is -0.00325. The van der Waals surface area contributed by atoms with E-state index in [1.54, 1.807) is 10.5 Å². The molecule has 1 atom stereocenters. The van der Waals surface area contributed by atoms with Crippen molar-refractivity contribution in [2.75, 3.05) is 19.6 Å². The summed E-state index contributed by atoms with van der Waals surface area (Å²) in [6, 6.07) is 6.02. The molecule has 114 valence electrons. The summed E-state index contributed by atoms with van der Waals surface area (Å²) < 4.78 is 1.61. The zero-order valence-corrected chi connectivity index (χ0v) is 13.2. The van der Waals surface area contributed by atoms with Crippen molar-refractivity contribution in [1.29, 1.82) is 0 Å². The fraction of sp³-hybridized carbons (Fsp3) is 0.467. The molecule has 0 bridgehead atoms. The van der Waals surface area contributed by atoms with Gasteiger partial charge in [-0.2, -0.15) is 0 Å². The van der Waals surface area contributed by atoms with Gasteiger partial charge in [0, 0.05) is 44.5 Å². The predicted octanol–water partition coefficient (Wildman–Crippen LogP) is 1.22. The number of aryl methyl sites for hydroxylation is 1. The minimum Gasteiger partial charge on any atom is -0.314 e. The van der Waals surface area contributed by atoms with E-state index in [1.165, 1.54) is 0 Å². The molecule has 3 heterocycles. The Morgan fingerprint density at radius 1 is 1.43 bits per heavy atom. The molecule has 1 aliphatic rings. The molecule has 0 radical (unpaired) electrons. The molecular weight excluding hydrogens is 288 g/mol. The maximum absolute atomic E-state index is 12.2. The molecule has 0 spiro atoms. The third kappa shape index (κ3) is 3.43. The lowest BCUT2D eigenvalue weighted by atomic mass is 10.2. The highest BCUT2D eigenvalue weighted by Crippen LogP contribution is 2.09. The quantitative estimate of drug-likeness (QED) is 0.906. The highest BCUT2D eigenvalue weighted by Gasteiger charge is 2.18. The Balaban J connectivity index is 0.00000161. The van der Waals surface area contributed by atoms with E-state index in [2.05, 4.69) is 22.1 Å². The van der Waals surface area contributed by atoms with E-state index < -0.39 is 0 Å². The van der Waals surface area contributed by atoms with Gasteiger partial charge in [0.25, 0.3) is 5.56 Å². The van der Waals surface area contributed by atoms with Gasteiger partial charge in [0.1, 0.15) is 5.65 Å². The first-order valence-corrected chi connectivity index (χ1v) is 7.07. The number of rotatable bonds is 2. The fourth-order valence-electron chi connectivity index (χ4n) is 2.67. The first kappa shape index (κ1) is 15.9. The van der Waals surface area contributed by atoms with Crippen LogP contribution in [0, 0.1) is 6.92 Å². The molecule has 21 heavy (non-hydrogen) atoms.